The molecule has 45 heavy (non-hydrogen) atoms. The van der Waals surface area contributed by atoms with Gasteiger partial charge in [-0.1, -0.05) is 29.3 Å². The maximum atomic E-state index is 13.0. The monoisotopic (exact) mass is 706 g/mol. The number of carboxylic acids is 1. The average molecular weight is 708 g/mol. The Kier molecular flexibility index (Phi) is 10.6. The van der Waals surface area contributed by atoms with Gasteiger partial charge in [0.2, 0.25) is 5.91 Å². The molecule has 2 amide bonds. The number of aryl methyl sites for hydroxylation is 1. The molecule has 0 spiro atoms. The smallest absolute Gasteiger partial charge is 0.352 e. The number of hydrogen-bond acceptors (Lipinski definition) is 8. The maximum Gasteiger partial charge on any atom is 0.352 e. The molecule has 1 fully saturated rings. The highest BCUT2D eigenvalue weighted by molar-refractivity contribution is 8.01. The number of aliphatic hydroxyl groups excluding tert-OH is 1. The predicted molar refractivity (Wildman–Crippen MR) is 177 cm³/mol. The van der Waals surface area contributed by atoms with Crippen molar-refractivity contribution in [3.8, 4) is 5.75 Å². The van der Waals surface area contributed by atoms with Crippen LogP contribution in [0.2, 0.25) is 10.0 Å². The SMILES string of the molecule is Cc1cc(CO)c(C[n+]2ccc(SCC3=C(C(=O)O)N4C(=O)C(NC(=O)CSc5cc(Cl)ccc5Cl)C4SC3)cc2)c(O)c1C. The molecule has 4 N–H and O–H groups in total. The highest BCUT2D eigenvalue weighted by atomic mass is 35.5. The van der Waals surface area contributed by atoms with E-state index in [1.807, 2.05) is 49.0 Å². The van der Waals surface area contributed by atoms with Crippen LogP contribution in [0.25, 0.3) is 0 Å². The molecule has 0 bridgehead atoms. The van der Waals surface area contributed by atoms with E-state index in [-0.39, 0.29) is 29.7 Å². The van der Waals surface area contributed by atoms with Crippen LogP contribution in [-0.4, -0.2) is 66.7 Å². The molecule has 1 saturated heterocycles. The number of benzene rings is 2. The number of aliphatic hydroxyl groups is 1. The molecule has 0 radical (unpaired) electrons. The zero-order valence-electron chi connectivity index (χ0n) is 24.3. The van der Waals surface area contributed by atoms with Crippen molar-refractivity contribution in [2.24, 2.45) is 0 Å². The van der Waals surface area contributed by atoms with E-state index in [9.17, 15) is 29.7 Å². The number of carbonyl (C=O) groups excluding carboxylic acids is 2. The van der Waals surface area contributed by atoms with Crippen molar-refractivity contribution in [1.29, 1.82) is 0 Å². The molecule has 2 unspecified atom stereocenters. The van der Waals surface area contributed by atoms with Gasteiger partial charge in [-0.3, -0.25) is 14.5 Å². The predicted octanol–water partition coefficient (Wildman–Crippen LogP) is 4.77. The topological polar surface area (TPSA) is 131 Å². The van der Waals surface area contributed by atoms with Gasteiger partial charge in [0.1, 0.15) is 22.9 Å². The number of carbonyl (C=O) groups is 3. The molecule has 1 aromatic heterocycles. The first-order chi connectivity index (χ1) is 21.5. The summed E-state index contributed by atoms with van der Waals surface area (Å²) in [5, 5.41) is 33.7. The highest BCUT2D eigenvalue weighted by Gasteiger charge is 2.54. The summed E-state index contributed by atoms with van der Waals surface area (Å²) in [7, 11) is 0. The molecule has 0 saturated carbocycles. The van der Waals surface area contributed by atoms with E-state index in [0.29, 0.717) is 49.7 Å². The molecule has 2 aliphatic rings. The first kappa shape index (κ1) is 33.5. The summed E-state index contributed by atoms with van der Waals surface area (Å²) >= 11 is 16.3. The van der Waals surface area contributed by atoms with E-state index in [1.165, 1.54) is 40.2 Å². The molecular formula is C31H30Cl2N3O6S3+. The number of phenols is 1. The first-order valence-electron chi connectivity index (χ1n) is 13.8. The van der Waals surface area contributed by atoms with Crippen molar-refractivity contribution in [3.63, 3.8) is 0 Å². The lowest BCUT2D eigenvalue weighted by atomic mass is 9.98. The van der Waals surface area contributed by atoms with Crippen molar-refractivity contribution in [1.82, 2.24) is 10.2 Å². The van der Waals surface area contributed by atoms with E-state index in [2.05, 4.69) is 5.32 Å². The van der Waals surface area contributed by atoms with Crippen molar-refractivity contribution in [2.75, 3.05) is 17.3 Å². The van der Waals surface area contributed by atoms with Gasteiger partial charge in [-0.2, -0.15) is 0 Å². The first-order valence-corrected chi connectivity index (χ1v) is 17.6. The molecule has 2 aromatic carbocycles. The van der Waals surface area contributed by atoms with Gasteiger partial charge in [-0.05, 0) is 54.3 Å². The van der Waals surface area contributed by atoms with E-state index in [4.69, 9.17) is 23.2 Å². The molecule has 0 aliphatic carbocycles. The fourth-order valence-electron chi connectivity index (χ4n) is 5.08. The van der Waals surface area contributed by atoms with Crippen LogP contribution in [0.4, 0.5) is 0 Å². The maximum absolute atomic E-state index is 13.0. The van der Waals surface area contributed by atoms with Crippen molar-refractivity contribution in [3.05, 3.63) is 92.4 Å². The minimum atomic E-state index is -1.18. The van der Waals surface area contributed by atoms with Gasteiger partial charge in [0.15, 0.2) is 18.9 Å². The summed E-state index contributed by atoms with van der Waals surface area (Å²) in [6.07, 6.45) is 3.72. The second-order valence-corrected chi connectivity index (χ2v) is 14.5. The van der Waals surface area contributed by atoms with Gasteiger partial charge in [0.05, 0.1) is 22.9 Å². The second kappa shape index (κ2) is 14.3. The van der Waals surface area contributed by atoms with Gasteiger partial charge in [-0.25, -0.2) is 9.36 Å². The lowest BCUT2D eigenvalue weighted by molar-refractivity contribution is -0.688. The number of aromatic hydroxyl groups is 1. The van der Waals surface area contributed by atoms with Crippen LogP contribution >= 0.6 is 58.5 Å². The Hall–Kier alpha value is -2.87. The number of pyridine rings is 1. The van der Waals surface area contributed by atoms with Gasteiger partial charge in [0, 0.05) is 38.5 Å². The lowest BCUT2D eigenvalue weighted by Gasteiger charge is -2.49. The minimum Gasteiger partial charge on any atom is -0.507 e. The molecule has 9 nitrogen and oxygen atoms in total. The zero-order chi connectivity index (χ0) is 32.4. The number of thioether (sulfide) groups is 3. The Bertz CT molecular complexity index is 1700. The third-order valence-corrected chi connectivity index (χ3v) is 11.8. The van der Waals surface area contributed by atoms with Crippen LogP contribution in [0.3, 0.4) is 0 Å². The van der Waals surface area contributed by atoms with Crippen molar-refractivity contribution in [2.45, 2.75) is 48.2 Å². The molecular weight excluding hydrogens is 677 g/mol. The van der Waals surface area contributed by atoms with Crippen LogP contribution in [0, 0.1) is 13.8 Å². The van der Waals surface area contributed by atoms with Crippen LogP contribution < -0.4 is 9.88 Å². The largest absolute Gasteiger partial charge is 0.507 e. The fraction of sp³-hybridized carbons (Fsp3) is 0.290. The van der Waals surface area contributed by atoms with Crippen molar-refractivity contribution < 1.29 is 34.3 Å². The zero-order valence-corrected chi connectivity index (χ0v) is 28.2. The summed E-state index contributed by atoms with van der Waals surface area (Å²) in [4.78, 5) is 40.8. The fourth-order valence-corrected chi connectivity index (χ4v) is 8.75. The Balaban J connectivity index is 1.20. The molecule has 3 aromatic rings. The third-order valence-electron chi connectivity index (χ3n) is 7.61. The minimum absolute atomic E-state index is 0.0240. The number of nitrogens with one attached hydrogen (secondary N) is 1. The van der Waals surface area contributed by atoms with Gasteiger partial charge >= 0.3 is 5.97 Å². The number of hydrogen-bond donors (Lipinski definition) is 4. The summed E-state index contributed by atoms with van der Waals surface area (Å²) < 4.78 is 1.89. The molecule has 3 heterocycles. The number of amides is 2. The number of carboxylic acid groups (broad SMARTS) is 1. The Morgan fingerprint density at radius 3 is 2.56 bits per heavy atom. The number of aliphatic carboxylic acids is 1. The molecule has 2 aliphatic heterocycles. The average Bonchev–Trinajstić information content (AvgIpc) is 3.03. The summed E-state index contributed by atoms with van der Waals surface area (Å²) in [6.45, 7) is 3.93. The standard InChI is InChI=1S/C31H29Cl2N3O6S3/c1-16-9-18(12-37)22(28(39)17(16)2)11-35-7-5-21(6-8-35)43-13-19-14-45-30-26(29(40)36(30)27(19)31(41)42)34-25(38)15-44-24-10-20(32)3-4-23(24)33/h3-10,26,30,37H,11-15H2,1-2H3,(H2-,34,38,39,41,42)/p+1. The molecule has 2 atom stereocenters. The quantitative estimate of drug-likeness (QED) is 0.127. The van der Waals surface area contributed by atoms with E-state index < -0.39 is 23.3 Å². The molecule has 236 valence electrons. The highest BCUT2D eigenvalue weighted by Crippen LogP contribution is 2.42. The summed E-state index contributed by atoms with van der Waals surface area (Å²) in [5.74, 6) is -1.02. The normalized spacial score (nSPS) is 17.6. The van der Waals surface area contributed by atoms with Crippen LogP contribution in [0.1, 0.15) is 22.3 Å². The Morgan fingerprint density at radius 2 is 1.87 bits per heavy atom. The molecule has 5 rings (SSSR count). The third kappa shape index (κ3) is 7.26. The number of rotatable bonds is 11. The van der Waals surface area contributed by atoms with Crippen LogP contribution in [0.15, 0.2) is 69.9 Å². The second-order valence-electron chi connectivity index (χ2n) is 10.5. The van der Waals surface area contributed by atoms with E-state index in [1.54, 1.807) is 18.2 Å². The van der Waals surface area contributed by atoms with E-state index in [0.717, 1.165) is 16.0 Å². The number of halogens is 2. The van der Waals surface area contributed by atoms with Gasteiger partial charge in [0.25, 0.3) is 5.91 Å². The molecule has 14 heteroatoms. The number of phenolic OH excluding ortho intramolecular Hbond substituents is 1. The van der Waals surface area contributed by atoms with Gasteiger partial charge < -0.3 is 20.6 Å². The number of aromatic nitrogens is 1. The van der Waals surface area contributed by atoms with Gasteiger partial charge in [-0.15, -0.1) is 35.3 Å². The number of β-lactam (4-membered cyclic amide) rings is 1. The van der Waals surface area contributed by atoms with Crippen molar-refractivity contribution >= 4 is 76.3 Å². The summed E-state index contributed by atoms with van der Waals surface area (Å²) in [5.41, 5.74) is 3.62. The van der Waals surface area contributed by atoms with Crippen LogP contribution in [-0.2, 0) is 27.5 Å². The van der Waals surface area contributed by atoms with E-state index >= 15 is 0 Å². The number of fused-ring (bicyclic) bond motifs is 1. The lowest BCUT2D eigenvalue weighted by Crippen LogP contribution is -2.70. The van der Waals surface area contributed by atoms with Crippen LogP contribution in [0.5, 0.6) is 5.75 Å². The summed E-state index contributed by atoms with van der Waals surface area (Å²) in [6, 6.07) is 9.83. The number of nitrogens with zero attached hydrogens (tertiary/aromatic N) is 2. The Labute approximate surface area is 283 Å². The Morgan fingerprint density at radius 1 is 1.13 bits per heavy atom.